The van der Waals surface area contributed by atoms with Gasteiger partial charge in [-0.3, -0.25) is 19.7 Å². The van der Waals surface area contributed by atoms with E-state index in [4.69, 9.17) is 9.47 Å². The van der Waals surface area contributed by atoms with Gasteiger partial charge < -0.3 is 14.8 Å². The van der Waals surface area contributed by atoms with E-state index in [1.165, 1.54) is 18.3 Å². The molecule has 0 heterocycles. The summed E-state index contributed by atoms with van der Waals surface area (Å²) in [6, 6.07) is 13.0. The molecule has 0 atom stereocenters. The Kier molecular flexibility index (Phi) is 8.94. The number of hydrazone groups is 1. The van der Waals surface area contributed by atoms with E-state index in [2.05, 4.69) is 15.8 Å². The van der Waals surface area contributed by atoms with E-state index < -0.39 is 16.7 Å². The molecule has 10 heteroatoms. The van der Waals surface area contributed by atoms with Gasteiger partial charge in [0, 0.05) is 38.0 Å². The third-order valence-electron chi connectivity index (χ3n) is 3.85. The summed E-state index contributed by atoms with van der Waals surface area (Å²) in [7, 11) is 1.55. The summed E-state index contributed by atoms with van der Waals surface area (Å²) in [4.78, 5) is 33.6. The number of nitrogens with zero attached hydrogens (tertiary/aromatic N) is 2. The minimum absolute atomic E-state index is 0.00441. The number of ether oxygens (including phenoxy) is 2. The van der Waals surface area contributed by atoms with Crippen LogP contribution in [-0.2, 0) is 20.9 Å². The Bertz CT molecular complexity index is 898. The Hall–Kier alpha value is -3.79. The van der Waals surface area contributed by atoms with Crippen LogP contribution in [-0.4, -0.2) is 43.2 Å². The number of amides is 2. The number of para-hydroxylation sites is 1. The molecule has 2 amide bonds. The highest BCUT2D eigenvalue weighted by Crippen LogP contribution is 2.18. The highest BCUT2D eigenvalue weighted by atomic mass is 16.6. The van der Waals surface area contributed by atoms with Gasteiger partial charge in [-0.05, 0) is 36.2 Å². The second-order valence-electron chi connectivity index (χ2n) is 6.05. The van der Waals surface area contributed by atoms with Crippen molar-refractivity contribution in [2.24, 2.45) is 5.10 Å². The molecule has 0 aliphatic heterocycles. The third-order valence-corrected chi connectivity index (χ3v) is 3.85. The summed E-state index contributed by atoms with van der Waals surface area (Å²) < 4.78 is 10.6. The number of hydrogen-bond donors (Lipinski definition) is 2. The van der Waals surface area contributed by atoms with Crippen LogP contribution in [0.2, 0.25) is 0 Å². The number of nitro benzene ring substituents is 1. The van der Waals surface area contributed by atoms with Gasteiger partial charge in [-0.15, -0.1) is 0 Å². The average Bonchev–Trinajstić information content (AvgIpc) is 2.76. The zero-order valence-corrected chi connectivity index (χ0v) is 16.4. The minimum atomic E-state index is -0.882. The van der Waals surface area contributed by atoms with Gasteiger partial charge in [0.25, 0.3) is 5.69 Å². The fourth-order valence-corrected chi connectivity index (χ4v) is 2.30. The van der Waals surface area contributed by atoms with E-state index in [-0.39, 0.29) is 12.3 Å². The van der Waals surface area contributed by atoms with Crippen molar-refractivity contribution in [3.05, 3.63) is 69.8 Å². The fourth-order valence-electron chi connectivity index (χ4n) is 2.30. The summed E-state index contributed by atoms with van der Waals surface area (Å²) in [5.74, 6) is -1.17. The topological polar surface area (TPSA) is 132 Å². The Morgan fingerprint density at radius 2 is 1.87 bits per heavy atom. The molecule has 0 saturated carbocycles. The molecule has 0 aliphatic rings. The van der Waals surface area contributed by atoms with Crippen LogP contribution in [0.25, 0.3) is 0 Å². The van der Waals surface area contributed by atoms with E-state index in [9.17, 15) is 19.7 Å². The Balaban J connectivity index is 1.89. The summed E-state index contributed by atoms with van der Waals surface area (Å²) in [6.45, 7) is 0.999. The number of non-ortho nitro benzene ring substituents is 1. The van der Waals surface area contributed by atoms with Crippen LogP contribution in [0.15, 0.2) is 53.6 Å². The van der Waals surface area contributed by atoms with Crippen molar-refractivity contribution in [2.45, 2.75) is 13.0 Å². The van der Waals surface area contributed by atoms with Gasteiger partial charge in [0.05, 0.1) is 11.1 Å². The molecule has 158 valence electrons. The van der Waals surface area contributed by atoms with Crippen LogP contribution >= 0.6 is 0 Å². The number of carbonyl (C=O) groups excluding carboxylic acids is 2. The van der Waals surface area contributed by atoms with E-state index >= 15 is 0 Å². The number of hydrogen-bond acceptors (Lipinski definition) is 7. The second kappa shape index (κ2) is 11.9. The molecule has 0 unspecified atom stereocenters. The molecule has 2 rings (SSSR count). The fraction of sp³-hybridized carbons (Fsp3) is 0.250. The van der Waals surface area contributed by atoms with Gasteiger partial charge in [0.1, 0.15) is 12.4 Å². The quantitative estimate of drug-likeness (QED) is 0.200. The molecule has 0 radical (unpaired) electrons. The maximum absolute atomic E-state index is 11.7. The van der Waals surface area contributed by atoms with Crippen LogP contribution < -0.4 is 15.5 Å². The van der Waals surface area contributed by atoms with Crippen molar-refractivity contribution >= 4 is 23.7 Å². The number of carbonyl (C=O) groups is 2. The molecule has 2 aromatic rings. The molecule has 0 saturated heterocycles. The van der Waals surface area contributed by atoms with E-state index in [1.54, 1.807) is 43.5 Å². The number of benzene rings is 2. The smallest absolute Gasteiger partial charge is 0.329 e. The summed E-state index contributed by atoms with van der Waals surface area (Å²) in [5.41, 5.74) is 3.50. The second-order valence-corrected chi connectivity index (χ2v) is 6.05. The van der Waals surface area contributed by atoms with Crippen molar-refractivity contribution in [2.75, 3.05) is 20.3 Å². The molecule has 0 aromatic heterocycles. The first-order valence-corrected chi connectivity index (χ1v) is 9.06. The highest BCUT2D eigenvalue weighted by molar-refractivity contribution is 6.35. The number of rotatable bonds is 10. The van der Waals surface area contributed by atoms with Crippen LogP contribution in [0, 0.1) is 10.1 Å². The number of nitrogens with one attached hydrogen (secondary N) is 2. The Labute approximate surface area is 173 Å². The first-order valence-electron chi connectivity index (χ1n) is 9.06. The standard InChI is InChI=1S/C20H22N4O6/c1-29-12-4-11-21-19(25)20(26)23-22-13-16-5-2-3-6-18(16)30-14-15-7-9-17(10-8-15)24(27)28/h2-3,5-10,13H,4,11-12,14H2,1H3,(H,21,25)(H,23,26)/b22-13-. The van der Waals surface area contributed by atoms with Crippen LogP contribution in [0.1, 0.15) is 17.5 Å². The lowest BCUT2D eigenvalue weighted by Gasteiger charge is -2.09. The zero-order chi connectivity index (χ0) is 21.8. The molecule has 2 N–H and O–H groups in total. The molecule has 0 fully saturated rings. The SMILES string of the molecule is COCCCNC(=O)C(=O)N/N=C\c1ccccc1OCc1ccc([N+](=O)[O-])cc1. The maximum Gasteiger partial charge on any atom is 0.329 e. The number of nitro groups is 1. The predicted molar refractivity (Wildman–Crippen MR) is 109 cm³/mol. The maximum atomic E-state index is 11.7. The largest absolute Gasteiger partial charge is 0.488 e. The van der Waals surface area contributed by atoms with Crippen molar-refractivity contribution in [1.29, 1.82) is 0 Å². The van der Waals surface area contributed by atoms with Crippen LogP contribution in [0.5, 0.6) is 5.75 Å². The van der Waals surface area contributed by atoms with E-state index in [0.717, 1.165) is 5.56 Å². The normalized spacial score (nSPS) is 10.6. The molecular formula is C20H22N4O6. The van der Waals surface area contributed by atoms with Crippen LogP contribution in [0.4, 0.5) is 5.69 Å². The molecule has 30 heavy (non-hydrogen) atoms. The molecular weight excluding hydrogens is 392 g/mol. The lowest BCUT2D eigenvalue weighted by atomic mass is 10.2. The van der Waals surface area contributed by atoms with Crippen molar-refractivity contribution in [3.8, 4) is 5.75 Å². The van der Waals surface area contributed by atoms with Gasteiger partial charge in [0.2, 0.25) is 0 Å². The summed E-state index contributed by atoms with van der Waals surface area (Å²) in [6.07, 6.45) is 1.96. The molecule has 2 aromatic carbocycles. The van der Waals surface area contributed by atoms with Crippen molar-refractivity contribution < 1.29 is 24.0 Å². The Morgan fingerprint density at radius 3 is 2.57 bits per heavy atom. The average molecular weight is 414 g/mol. The molecule has 0 spiro atoms. The summed E-state index contributed by atoms with van der Waals surface area (Å²) in [5, 5.41) is 16.9. The van der Waals surface area contributed by atoms with Gasteiger partial charge in [-0.2, -0.15) is 5.10 Å². The first kappa shape index (κ1) is 22.5. The lowest BCUT2D eigenvalue weighted by Crippen LogP contribution is -2.38. The first-order chi connectivity index (χ1) is 14.5. The van der Waals surface area contributed by atoms with Gasteiger partial charge in [-0.1, -0.05) is 12.1 Å². The van der Waals surface area contributed by atoms with Gasteiger partial charge in [-0.25, -0.2) is 5.43 Å². The third kappa shape index (κ3) is 7.32. The van der Waals surface area contributed by atoms with Gasteiger partial charge in [0.15, 0.2) is 0 Å². The minimum Gasteiger partial charge on any atom is -0.488 e. The van der Waals surface area contributed by atoms with Gasteiger partial charge >= 0.3 is 11.8 Å². The number of methoxy groups -OCH3 is 1. The van der Waals surface area contributed by atoms with E-state index in [0.29, 0.717) is 30.9 Å². The Morgan fingerprint density at radius 1 is 1.13 bits per heavy atom. The summed E-state index contributed by atoms with van der Waals surface area (Å²) >= 11 is 0. The van der Waals surface area contributed by atoms with Crippen LogP contribution in [0.3, 0.4) is 0 Å². The molecule has 0 bridgehead atoms. The monoisotopic (exact) mass is 414 g/mol. The highest BCUT2D eigenvalue weighted by Gasteiger charge is 2.11. The van der Waals surface area contributed by atoms with Crippen molar-refractivity contribution in [3.63, 3.8) is 0 Å². The van der Waals surface area contributed by atoms with Crippen molar-refractivity contribution in [1.82, 2.24) is 10.7 Å². The molecule has 10 nitrogen and oxygen atoms in total. The predicted octanol–water partition coefficient (Wildman–Crippen LogP) is 1.78. The molecule has 0 aliphatic carbocycles. The van der Waals surface area contributed by atoms with E-state index in [1.807, 2.05) is 0 Å². The lowest BCUT2D eigenvalue weighted by molar-refractivity contribution is -0.384. The zero-order valence-electron chi connectivity index (χ0n) is 16.4.